The molecule has 0 bridgehead atoms. The molecule has 21 heavy (non-hydrogen) atoms. The number of ether oxygens (including phenoxy) is 2. The summed E-state index contributed by atoms with van der Waals surface area (Å²) in [5, 5.41) is 2.95. The molecule has 1 aromatic rings. The fourth-order valence-corrected chi connectivity index (χ4v) is 1.98. The van der Waals surface area contributed by atoms with Crippen molar-refractivity contribution in [2.45, 2.75) is 46.1 Å². The summed E-state index contributed by atoms with van der Waals surface area (Å²) in [4.78, 5) is 12.2. The molecular weight excluding hydrogens is 266 g/mol. The molecule has 1 rings (SSSR count). The summed E-state index contributed by atoms with van der Waals surface area (Å²) in [5.41, 5.74) is 1.93. The predicted octanol–water partition coefficient (Wildman–Crippen LogP) is 3.36. The summed E-state index contributed by atoms with van der Waals surface area (Å²) in [6.07, 6.45) is -0.501. The highest BCUT2D eigenvalue weighted by Gasteiger charge is 2.20. The molecule has 0 fully saturated rings. The molecule has 0 spiro atoms. The monoisotopic (exact) mass is 293 g/mol. The van der Waals surface area contributed by atoms with Crippen molar-refractivity contribution in [2.75, 3.05) is 25.1 Å². The second-order valence-corrected chi connectivity index (χ2v) is 5.99. The van der Waals surface area contributed by atoms with Crippen molar-refractivity contribution < 1.29 is 14.3 Å². The number of rotatable bonds is 7. The SMILES string of the molecule is CCOCCOC(C)C(=O)Nc1ccccc1C(C)(C)C. The van der Waals surface area contributed by atoms with Crippen molar-refractivity contribution in [1.29, 1.82) is 0 Å². The van der Waals surface area contributed by atoms with Gasteiger partial charge in [0.15, 0.2) is 0 Å². The van der Waals surface area contributed by atoms with Crippen LogP contribution in [0.5, 0.6) is 0 Å². The van der Waals surface area contributed by atoms with Crippen LogP contribution in [-0.2, 0) is 19.7 Å². The number of hydrogen-bond acceptors (Lipinski definition) is 3. The minimum Gasteiger partial charge on any atom is -0.379 e. The maximum Gasteiger partial charge on any atom is 0.253 e. The first-order chi connectivity index (χ1) is 9.86. The molecule has 0 saturated carbocycles. The zero-order chi connectivity index (χ0) is 15.9. The third-order valence-electron chi connectivity index (χ3n) is 3.16. The first kappa shape index (κ1) is 17.7. The molecule has 0 saturated heterocycles. The fraction of sp³-hybridized carbons (Fsp3) is 0.588. The van der Waals surface area contributed by atoms with Gasteiger partial charge in [-0.05, 0) is 30.9 Å². The lowest BCUT2D eigenvalue weighted by molar-refractivity contribution is -0.127. The van der Waals surface area contributed by atoms with Crippen molar-refractivity contribution in [2.24, 2.45) is 0 Å². The van der Waals surface area contributed by atoms with E-state index in [0.717, 1.165) is 11.3 Å². The van der Waals surface area contributed by atoms with Gasteiger partial charge in [0.05, 0.1) is 13.2 Å². The Labute approximate surface area is 127 Å². The van der Waals surface area contributed by atoms with Crippen LogP contribution in [0.2, 0.25) is 0 Å². The standard InChI is InChI=1S/C17H27NO3/c1-6-20-11-12-21-13(2)16(19)18-15-10-8-7-9-14(15)17(3,4)5/h7-10,13H,6,11-12H2,1-5H3,(H,18,19). The lowest BCUT2D eigenvalue weighted by atomic mass is 9.86. The molecule has 118 valence electrons. The Kier molecular flexibility index (Phi) is 6.85. The van der Waals surface area contributed by atoms with Crippen molar-refractivity contribution in [3.63, 3.8) is 0 Å². The van der Waals surface area contributed by atoms with Gasteiger partial charge in [-0.2, -0.15) is 0 Å². The molecule has 1 aromatic carbocycles. The van der Waals surface area contributed by atoms with Gasteiger partial charge < -0.3 is 14.8 Å². The third-order valence-corrected chi connectivity index (χ3v) is 3.16. The largest absolute Gasteiger partial charge is 0.379 e. The number of benzene rings is 1. The van der Waals surface area contributed by atoms with Crippen LogP contribution in [0.3, 0.4) is 0 Å². The fourth-order valence-electron chi connectivity index (χ4n) is 1.98. The summed E-state index contributed by atoms with van der Waals surface area (Å²) >= 11 is 0. The van der Waals surface area contributed by atoms with E-state index in [2.05, 4.69) is 26.1 Å². The molecule has 4 heteroatoms. The van der Waals surface area contributed by atoms with E-state index in [1.165, 1.54) is 0 Å². The lowest BCUT2D eigenvalue weighted by Gasteiger charge is -2.23. The van der Waals surface area contributed by atoms with E-state index in [0.29, 0.717) is 19.8 Å². The molecule has 0 radical (unpaired) electrons. The van der Waals surface area contributed by atoms with Gasteiger partial charge in [0.2, 0.25) is 0 Å². The van der Waals surface area contributed by atoms with E-state index < -0.39 is 6.10 Å². The number of nitrogens with one attached hydrogen (secondary N) is 1. The predicted molar refractivity (Wildman–Crippen MR) is 85.7 cm³/mol. The maximum atomic E-state index is 12.2. The second kappa shape index (κ2) is 8.15. The van der Waals surface area contributed by atoms with Crippen LogP contribution in [-0.4, -0.2) is 31.8 Å². The molecule has 1 atom stereocenters. The Morgan fingerprint density at radius 1 is 1.24 bits per heavy atom. The van der Waals surface area contributed by atoms with Gasteiger partial charge >= 0.3 is 0 Å². The Balaban J connectivity index is 2.62. The highest BCUT2D eigenvalue weighted by Crippen LogP contribution is 2.29. The van der Waals surface area contributed by atoms with Gasteiger partial charge in [-0.25, -0.2) is 0 Å². The molecule has 1 N–H and O–H groups in total. The van der Waals surface area contributed by atoms with E-state index >= 15 is 0 Å². The quantitative estimate of drug-likeness (QED) is 0.784. The number of hydrogen-bond donors (Lipinski definition) is 1. The normalized spacial score (nSPS) is 13.0. The molecule has 0 aliphatic carbocycles. The zero-order valence-corrected chi connectivity index (χ0v) is 13.7. The molecule has 0 aromatic heterocycles. The number of amides is 1. The van der Waals surface area contributed by atoms with E-state index in [9.17, 15) is 4.79 Å². The summed E-state index contributed by atoms with van der Waals surface area (Å²) in [5.74, 6) is -0.136. The van der Waals surface area contributed by atoms with Crippen LogP contribution >= 0.6 is 0 Å². The van der Waals surface area contributed by atoms with Gasteiger partial charge in [-0.3, -0.25) is 4.79 Å². The van der Waals surface area contributed by atoms with Crippen molar-refractivity contribution >= 4 is 11.6 Å². The highest BCUT2D eigenvalue weighted by atomic mass is 16.5. The minimum absolute atomic E-state index is 0.0249. The van der Waals surface area contributed by atoms with Crippen LogP contribution in [0.25, 0.3) is 0 Å². The van der Waals surface area contributed by atoms with E-state index in [4.69, 9.17) is 9.47 Å². The Bertz CT molecular complexity index is 452. The Morgan fingerprint density at radius 3 is 2.52 bits per heavy atom. The number of anilines is 1. The zero-order valence-electron chi connectivity index (χ0n) is 13.7. The molecule has 0 aliphatic rings. The van der Waals surface area contributed by atoms with Crippen molar-refractivity contribution in [1.82, 2.24) is 0 Å². The van der Waals surface area contributed by atoms with Crippen molar-refractivity contribution in [3.05, 3.63) is 29.8 Å². The molecule has 0 aliphatic heterocycles. The smallest absolute Gasteiger partial charge is 0.253 e. The van der Waals surface area contributed by atoms with Gasteiger partial charge in [-0.15, -0.1) is 0 Å². The van der Waals surface area contributed by atoms with Crippen molar-refractivity contribution in [3.8, 4) is 0 Å². The number of para-hydroxylation sites is 1. The average molecular weight is 293 g/mol. The Morgan fingerprint density at radius 2 is 1.90 bits per heavy atom. The molecular formula is C17H27NO3. The topological polar surface area (TPSA) is 47.6 Å². The average Bonchev–Trinajstić information content (AvgIpc) is 2.42. The van der Waals surface area contributed by atoms with Crippen LogP contribution < -0.4 is 5.32 Å². The number of carbonyl (C=O) groups excluding carboxylic acids is 1. The molecule has 4 nitrogen and oxygen atoms in total. The lowest BCUT2D eigenvalue weighted by Crippen LogP contribution is -2.30. The van der Waals surface area contributed by atoms with Crippen LogP contribution in [0.1, 0.15) is 40.2 Å². The van der Waals surface area contributed by atoms with E-state index in [-0.39, 0.29) is 11.3 Å². The summed E-state index contributed by atoms with van der Waals surface area (Å²) in [7, 11) is 0. The van der Waals surface area contributed by atoms with Gasteiger partial charge in [0, 0.05) is 12.3 Å². The molecule has 1 unspecified atom stereocenters. The van der Waals surface area contributed by atoms with E-state index in [1.54, 1.807) is 6.92 Å². The molecule has 0 heterocycles. The summed E-state index contributed by atoms with van der Waals surface area (Å²) in [6, 6.07) is 7.87. The minimum atomic E-state index is -0.501. The first-order valence-electron chi connectivity index (χ1n) is 7.46. The maximum absolute atomic E-state index is 12.2. The third kappa shape index (κ3) is 5.86. The van der Waals surface area contributed by atoms with E-state index in [1.807, 2.05) is 31.2 Å². The van der Waals surface area contributed by atoms with Crippen LogP contribution in [0, 0.1) is 0 Å². The van der Waals surface area contributed by atoms with Gasteiger partial charge in [0.1, 0.15) is 6.10 Å². The van der Waals surface area contributed by atoms with Crippen LogP contribution in [0.4, 0.5) is 5.69 Å². The van der Waals surface area contributed by atoms with Gasteiger partial charge in [-0.1, -0.05) is 39.0 Å². The highest BCUT2D eigenvalue weighted by molar-refractivity contribution is 5.94. The van der Waals surface area contributed by atoms with Crippen LogP contribution in [0.15, 0.2) is 24.3 Å². The second-order valence-electron chi connectivity index (χ2n) is 5.99. The first-order valence-corrected chi connectivity index (χ1v) is 7.46. The number of carbonyl (C=O) groups is 1. The Hall–Kier alpha value is -1.39. The summed E-state index contributed by atoms with van der Waals surface area (Å²) in [6.45, 7) is 11.6. The summed E-state index contributed by atoms with van der Waals surface area (Å²) < 4.78 is 10.7. The van der Waals surface area contributed by atoms with Gasteiger partial charge in [0.25, 0.3) is 5.91 Å². The molecule has 1 amide bonds.